The van der Waals surface area contributed by atoms with Gasteiger partial charge < -0.3 is 9.47 Å². The van der Waals surface area contributed by atoms with E-state index >= 15 is 0 Å². The first kappa shape index (κ1) is 14.9. The van der Waals surface area contributed by atoms with Gasteiger partial charge in [-0.1, -0.05) is 50.1 Å². The van der Waals surface area contributed by atoms with Crippen LogP contribution >= 0.6 is 0 Å². The summed E-state index contributed by atoms with van der Waals surface area (Å²) in [4.78, 5) is 0. The van der Waals surface area contributed by atoms with Crippen LogP contribution in [0.3, 0.4) is 0 Å². The molecule has 2 rings (SSSR count). The predicted octanol–water partition coefficient (Wildman–Crippen LogP) is 4.81. The van der Waals surface area contributed by atoms with Crippen LogP contribution in [-0.2, 0) is 4.74 Å². The molecule has 0 aromatic heterocycles. The van der Waals surface area contributed by atoms with Gasteiger partial charge in [-0.2, -0.15) is 0 Å². The zero-order valence-corrected chi connectivity index (χ0v) is 12.5. The summed E-state index contributed by atoms with van der Waals surface area (Å²) in [6.07, 6.45) is 3.91. The molecule has 0 aliphatic rings. The van der Waals surface area contributed by atoms with Crippen molar-refractivity contribution in [2.24, 2.45) is 0 Å². The van der Waals surface area contributed by atoms with Crippen LogP contribution in [0, 0.1) is 0 Å². The molecule has 20 heavy (non-hydrogen) atoms. The van der Waals surface area contributed by atoms with Crippen molar-refractivity contribution in [3.05, 3.63) is 42.5 Å². The van der Waals surface area contributed by atoms with Gasteiger partial charge in [-0.05, 0) is 36.2 Å². The summed E-state index contributed by atoms with van der Waals surface area (Å²) in [6.45, 7) is 5.59. The molecule has 0 aliphatic carbocycles. The lowest BCUT2D eigenvalue weighted by Gasteiger charge is -2.13. The van der Waals surface area contributed by atoms with Crippen LogP contribution < -0.4 is 4.74 Å². The molecule has 0 heterocycles. The van der Waals surface area contributed by atoms with Gasteiger partial charge in [0, 0.05) is 0 Å². The first-order chi connectivity index (χ1) is 9.79. The van der Waals surface area contributed by atoms with Crippen LogP contribution in [0.4, 0.5) is 0 Å². The highest BCUT2D eigenvalue weighted by Gasteiger charge is 2.02. The smallest absolute Gasteiger partial charge is 0.120 e. The highest BCUT2D eigenvalue weighted by atomic mass is 16.5. The largest absolute Gasteiger partial charge is 0.491 e. The molecule has 0 bridgehead atoms. The molecule has 0 aliphatic heterocycles. The first-order valence-electron chi connectivity index (χ1n) is 7.53. The minimum Gasteiger partial charge on any atom is -0.491 e. The number of fused-ring (bicyclic) bond motifs is 1. The molecule has 0 amide bonds. The van der Waals surface area contributed by atoms with Crippen molar-refractivity contribution in [1.29, 1.82) is 0 Å². The van der Waals surface area contributed by atoms with Crippen molar-refractivity contribution in [3.63, 3.8) is 0 Å². The van der Waals surface area contributed by atoms with Crippen LogP contribution in [0.1, 0.15) is 33.1 Å². The monoisotopic (exact) mass is 272 g/mol. The summed E-state index contributed by atoms with van der Waals surface area (Å²) in [5.74, 6) is 0.911. The van der Waals surface area contributed by atoms with E-state index in [1.807, 2.05) is 18.2 Å². The van der Waals surface area contributed by atoms with E-state index in [0.717, 1.165) is 12.2 Å². The number of ether oxygens (including phenoxy) is 2. The lowest BCUT2D eigenvalue weighted by Crippen LogP contribution is -2.14. The molecule has 2 aromatic rings. The van der Waals surface area contributed by atoms with Gasteiger partial charge in [0.1, 0.15) is 12.4 Å². The quantitative estimate of drug-likeness (QED) is 0.642. The van der Waals surface area contributed by atoms with Gasteiger partial charge in [0.2, 0.25) is 0 Å². The summed E-state index contributed by atoms with van der Waals surface area (Å²) in [6, 6.07) is 14.5. The zero-order valence-electron chi connectivity index (χ0n) is 12.5. The highest BCUT2D eigenvalue weighted by Crippen LogP contribution is 2.20. The van der Waals surface area contributed by atoms with Crippen LogP contribution in [0.2, 0.25) is 0 Å². The van der Waals surface area contributed by atoms with Crippen molar-refractivity contribution >= 4 is 10.8 Å². The van der Waals surface area contributed by atoms with Crippen LogP contribution in [0.25, 0.3) is 10.8 Å². The Morgan fingerprint density at radius 2 is 1.80 bits per heavy atom. The Morgan fingerprint density at radius 1 is 1.00 bits per heavy atom. The maximum absolute atomic E-state index is 5.74. The molecule has 1 unspecified atom stereocenters. The summed E-state index contributed by atoms with van der Waals surface area (Å²) in [5, 5.41) is 2.45. The molecule has 0 saturated carbocycles. The van der Waals surface area contributed by atoms with E-state index in [-0.39, 0.29) is 0 Å². The Kier molecular flexibility index (Phi) is 5.87. The van der Waals surface area contributed by atoms with Gasteiger partial charge >= 0.3 is 0 Å². The molecule has 0 spiro atoms. The van der Waals surface area contributed by atoms with E-state index in [2.05, 4.69) is 38.1 Å². The molecule has 0 saturated heterocycles. The van der Waals surface area contributed by atoms with Crippen molar-refractivity contribution in [2.75, 3.05) is 13.2 Å². The van der Waals surface area contributed by atoms with Crippen LogP contribution in [0.5, 0.6) is 5.75 Å². The Bertz CT molecular complexity index is 522. The van der Waals surface area contributed by atoms with E-state index in [1.54, 1.807) is 0 Å². The molecule has 2 aromatic carbocycles. The van der Waals surface area contributed by atoms with E-state index in [9.17, 15) is 0 Å². The molecule has 0 radical (unpaired) electrons. The van der Waals surface area contributed by atoms with Crippen molar-refractivity contribution in [3.8, 4) is 5.75 Å². The van der Waals surface area contributed by atoms with Gasteiger partial charge in [0.25, 0.3) is 0 Å². The average molecular weight is 272 g/mol. The molecule has 0 fully saturated rings. The van der Waals surface area contributed by atoms with Crippen molar-refractivity contribution < 1.29 is 9.47 Å². The molecule has 108 valence electrons. The highest BCUT2D eigenvalue weighted by molar-refractivity contribution is 5.83. The van der Waals surface area contributed by atoms with E-state index in [4.69, 9.17) is 9.47 Å². The van der Waals surface area contributed by atoms with E-state index in [1.165, 1.54) is 23.6 Å². The van der Waals surface area contributed by atoms with Crippen molar-refractivity contribution in [1.82, 2.24) is 0 Å². The van der Waals surface area contributed by atoms with E-state index in [0.29, 0.717) is 19.3 Å². The predicted molar refractivity (Wildman–Crippen MR) is 84.4 cm³/mol. The average Bonchev–Trinajstić information content (AvgIpc) is 2.49. The Balaban J connectivity index is 1.75. The topological polar surface area (TPSA) is 18.5 Å². The lowest BCUT2D eigenvalue weighted by molar-refractivity contribution is 0.0387. The fourth-order valence-electron chi connectivity index (χ4n) is 2.24. The molecule has 0 N–H and O–H groups in total. The molecule has 1 atom stereocenters. The standard InChI is InChI=1S/C18H24O2/c1-3-4-7-15(2)19-12-13-20-18-11-10-16-8-5-6-9-17(16)14-18/h5-6,8-11,14-15H,3-4,7,12-13H2,1-2H3. The van der Waals surface area contributed by atoms with Gasteiger partial charge in [0.15, 0.2) is 0 Å². The second-order valence-electron chi connectivity index (χ2n) is 5.18. The molecular weight excluding hydrogens is 248 g/mol. The lowest BCUT2D eigenvalue weighted by atomic mass is 10.1. The normalized spacial score (nSPS) is 12.5. The molecular formula is C18H24O2. The van der Waals surface area contributed by atoms with Crippen LogP contribution in [-0.4, -0.2) is 19.3 Å². The number of rotatable bonds is 8. The van der Waals surface area contributed by atoms with Gasteiger partial charge in [-0.25, -0.2) is 0 Å². The second kappa shape index (κ2) is 7.91. The van der Waals surface area contributed by atoms with Gasteiger partial charge in [-0.15, -0.1) is 0 Å². The minimum absolute atomic E-state index is 0.329. The SMILES string of the molecule is CCCCC(C)OCCOc1ccc2ccccc2c1. The van der Waals surface area contributed by atoms with Gasteiger partial charge in [0.05, 0.1) is 12.7 Å². The minimum atomic E-state index is 0.329. The number of hydrogen-bond donors (Lipinski definition) is 0. The molecule has 2 nitrogen and oxygen atoms in total. The number of unbranched alkanes of at least 4 members (excludes halogenated alkanes) is 1. The summed E-state index contributed by atoms with van der Waals surface area (Å²) in [5.41, 5.74) is 0. The maximum atomic E-state index is 5.74. The van der Waals surface area contributed by atoms with Crippen molar-refractivity contribution in [2.45, 2.75) is 39.2 Å². The third-order valence-corrected chi connectivity index (χ3v) is 3.44. The Hall–Kier alpha value is -1.54. The number of benzene rings is 2. The van der Waals surface area contributed by atoms with Crippen LogP contribution in [0.15, 0.2) is 42.5 Å². The van der Waals surface area contributed by atoms with Gasteiger partial charge in [-0.3, -0.25) is 0 Å². The summed E-state index contributed by atoms with van der Waals surface area (Å²) < 4.78 is 11.5. The fraction of sp³-hybridized carbons (Fsp3) is 0.444. The summed E-state index contributed by atoms with van der Waals surface area (Å²) >= 11 is 0. The Labute approximate surface area is 121 Å². The van der Waals surface area contributed by atoms with E-state index < -0.39 is 0 Å². The Morgan fingerprint density at radius 3 is 2.60 bits per heavy atom. The third kappa shape index (κ3) is 4.53. The summed E-state index contributed by atoms with van der Waals surface area (Å²) in [7, 11) is 0. The second-order valence-corrected chi connectivity index (χ2v) is 5.18. The zero-order chi connectivity index (χ0) is 14.2. The molecule has 2 heteroatoms. The maximum Gasteiger partial charge on any atom is 0.120 e. The third-order valence-electron chi connectivity index (χ3n) is 3.44. The fourth-order valence-corrected chi connectivity index (χ4v) is 2.24. The number of hydrogen-bond acceptors (Lipinski definition) is 2. The first-order valence-corrected chi connectivity index (χ1v) is 7.53.